The van der Waals surface area contributed by atoms with Crippen LogP contribution in [-0.2, 0) is 12.6 Å². The maximum atomic E-state index is 13.5. The molecule has 0 aliphatic rings. The number of halogens is 5. The van der Waals surface area contributed by atoms with Crippen molar-refractivity contribution >= 4 is 0 Å². The van der Waals surface area contributed by atoms with Gasteiger partial charge in [-0.3, -0.25) is 0 Å². The third-order valence-corrected chi connectivity index (χ3v) is 2.24. The summed E-state index contributed by atoms with van der Waals surface area (Å²) in [5.41, 5.74) is -5.28. The first-order valence-electron chi connectivity index (χ1n) is 4.57. The summed E-state index contributed by atoms with van der Waals surface area (Å²) in [4.78, 5) is 0. The van der Waals surface area contributed by atoms with Crippen LogP contribution in [0.2, 0.25) is 0 Å². The molecule has 0 spiro atoms. The third-order valence-electron chi connectivity index (χ3n) is 2.24. The number of benzene rings is 1. The molecule has 0 fully saturated rings. The van der Waals surface area contributed by atoms with E-state index in [2.05, 4.69) is 0 Å². The van der Waals surface area contributed by atoms with Gasteiger partial charge in [0.25, 0.3) is 0 Å². The van der Waals surface area contributed by atoms with E-state index in [0.29, 0.717) is 0 Å². The van der Waals surface area contributed by atoms with E-state index in [9.17, 15) is 22.0 Å². The Labute approximate surface area is 103 Å². The van der Waals surface area contributed by atoms with Crippen LogP contribution in [0.25, 0.3) is 0 Å². The molecule has 19 heavy (non-hydrogen) atoms. The zero-order valence-electron chi connectivity index (χ0n) is 8.94. The summed E-state index contributed by atoms with van der Waals surface area (Å²) < 4.78 is 64.5. The highest BCUT2D eigenvalue weighted by molar-refractivity contribution is 5.54. The molecule has 96 valence electrons. The zero-order chi connectivity index (χ0) is 14.8. The van der Waals surface area contributed by atoms with Crippen molar-refractivity contribution in [1.82, 2.24) is 0 Å². The van der Waals surface area contributed by atoms with Gasteiger partial charge in [0.05, 0.1) is 23.6 Å². The molecule has 1 rings (SSSR count). The van der Waals surface area contributed by atoms with Gasteiger partial charge in [0.15, 0.2) is 11.6 Å². The molecule has 0 N–H and O–H groups in total. The predicted octanol–water partition coefficient (Wildman–Crippen LogP) is 2.79. The van der Waals surface area contributed by atoms with E-state index in [1.54, 1.807) is 0 Å². The molecule has 1 aromatic rings. The first kappa shape index (κ1) is 14.4. The number of hydrogen-bond acceptors (Lipinski definition) is 3. The van der Waals surface area contributed by atoms with Crippen LogP contribution in [0.5, 0.6) is 0 Å². The van der Waals surface area contributed by atoms with E-state index in [1.807, 2.05) is 0 Å². The summed E-state index contributed by atoms with van der Waals surface area (Å²) in [6.07, 6.45) is -6.14. The molecule has 0 unspecified atom stereocenters. The summed E-state index contributed by atoms with van der Waals surface area (Å²) in [6, 6.07) is 3.67. The van der Waals surface area contributed by atoms with Gasteiger partial charge < -0.3 is 0 Å². The molecule has 1 aromatic carbocycles. The number of alkyl halides is 3. The lowest BCUT2D eigenvalue weighted by molar-refractivity contribution is -0.142. The largest absolute Gasteiger partial charge is 0.422 e. The van der Waals surface area contributed by atoms with E-state index < -0.39 is 46.5 Å². The van der Waals surface area contributed by atoms with Crippen LogP contribution < -0.4 is 0 Å². The van der Waals surface area contributed by atoms with Crippen LogP contribution in [0, 0.1) is 45.6 Å². The van der Waals surface area contributed by atoms with Crippen molar-refractivity contribution in [2.24, 2.45) is 0 Å². The minimum atomic E-state index is -5.39. The van der Waals surface area contributed by atoms with Gasteiger partial charge in [-0.1, -0.05) is 0 Å². The van der Waals surface area contributed by atoms with Gasteiger partial charge in [-0.25, -0.2) is 8.78 Å². The summed E-state index contributed by atoms with van der Waals surface area (Å²) in [6.45, 7) is 0. The quantitative estimate of drug-likeness (QED) is 0.737. The summed E-state index contributed by atoms with van der Waals surface area (Å²) in [5, 5.41) is 25.7. The van der Waals surface area contributed by atoms with E-state index in [0.717, 1.165) is 12.1 Å². The van der Waals surface area contributed by atoms with Crippen LogP contribution in [0.4, 0.5) is 22.0 Å². The average Bonchev–Trinajstić information content (AvgIpc) is 2.28. The van der Waals surface area contributed by atoms with Crippen molar-refractivity contribution < 1.29 is 22.0 Å². The highest BCUT2D eigenvalue weighted by Crippen LogP contribution is 2.37. The fourth-order valence-electron chi connectivity index (χ4n) is 1.47. The van der Waals surface area contributed by atoms with E-state index in [1.165, 1.54) is 6.07 Å². The molecule has 0 saturated carbocycles. The van der Waals surface area contributed by atoms with Gasteiger partial charge in [0.1, 0.15) is 17.7 Å². The van der Waals surface area contributed by atoms with E-state index in [-0.39, 0.29) is 0 Å². The second-order valence-electron chi connectivity index (χ2n) is 3.29. The Hall–Kier alpha value is -2.66. The maximum absolute atomic E-state index is 13.5. The molecule has 0 saturated heterocycles. The van der Waals surface area contributed by atoms with Crippen molar-refractivity contribution in [2.45, 2.75) is 12.6 Å². The lowest BCUT2D eigenvalue weighted by Gasteiger charge is -2.13. The Morgan fingerprint density at radius 1 is 0.895 bits per heavy atom. The highest BCUT2D eigenvalue weighted by atomic mass is 19.4. The average molecular weight is 271 g/mol. The number of nitriles is 3. The Morgan fingerprint density at radius 2 is 1.32 bits per heavy atom. The Balaban J connectivity index is 3.92. The lowest BCUT2D eigenvalue weighted by atomic mass is 9.95. The van der Waals surface area contributed by atoms with Gasteiger partial charge in [0.2, 0.25) is 0 Å². The SMILES string of the molecule is N#CCc1c(C#N)c(F)c(C(F)(F)F)c(F)c1C#N. The van der Waals surface area contributed by atoms with Crippen LogP contribution in [0.3, 0.4) is 0 Å². The van der Waals surface area contributed by atoms with Crippen LogP contribution in [-0.4, -0.2) is 0 Å². The Bertz CT molecular complexity index is 614. The second kappa shape index (κ2) is 4.91. The fraction of sp³-hybridized carbons (Fsp3) is 0.182. The number of rotatable bonds is 1. The number of nitrogens with zero attached hydrogens (tertiary/aromatic N) is 3. The number of hydrogen-bond donors (Lipinski definition) is 0. The fourth-order valence-corrected chi connectivity index (χ4v) is 1.47. The standard InChI is InChI=1S/C11H2F5N3/c12-9-6(3-18)5(1-2-17)7(4-19)10(13)8(9)11(14,15)16/h1H2. The van der Waals surface area contributed by atoms with Crippen molar-refractivity contribution in [2.75, 3.05) is 0 Å². The van der Waals surface area contributed by atoms with Crippen molar-refractivity contribution in [3.8, 4) is 18.2 Å². The first-order valence-corrected chi connectivity index (χ1v) is 4.57. The molecule has 0 heterocycles. The van der Waals surface area contributed by atoms with Gasteiger partial charge in [-0.15, -0.1) is 0 Å². The third kappa shape index (κ3) is 2.31. The molecule has 0 aliphatic heterocycles. The minimum absolute atomic E-state index is 0.685. The van der Waals surface area contributed by atoms with Crippen molar-refractivity contribution in [3.63, 3.8) is 0 Å². The Kier molecular flexibility index (Phi) is 3.72. The van der Waals surface area contributed by atoms with Gasteiger partial charge >= 0.3 is 6.18 Å². The smallest absolute Gasteiger partial charge is 0.205 e. The monoisotopic (exact) mass is 271 g/mol. The molecular weight excluding hydrogens is 269 g/mol. The van der Waals surface area contributed by atoms with Gasteiger partial charge in [-0.05, 0) is 0 Å². The normalized spacial score (nSPS) is 10.4. The summed E-state index contributed by atoms with van der Waals surface area (Å²) in [5.74, 6) is -4.23. The molecule has 0 radical (unpaired) electrons. The summed E-state index contributed by atoms with van der Waals surface area (Å²) >= 11 is 0. The molecule has 0 bridgehead atoms. The maximum Gasteiger partial charge on any atom is 0.422 e. The zero-order valence-corrected chi connectivity index (χ0v) is 8.94. The molecule has 8 heteroatoms. The summed E-state index contributed by atoms with van der Waals surface area (Å²) in [7, 11) is 0. The molecule has 0 atom stereocenters. The molecule has 0 aliphatic carbocycles. The van der Waals surface area contributed by atoms with E-state index >= 15 is 0 Å². The molecular formula is C11H2F5N3. The Morgan fingerprint density at radius 3 is 1.58 bits per heavy atom. The van der Waals surface area contributed by atoms with Gasteiger partial charge in [0, 0.05) is 5.56 Å². The second-order valence-corrected chi connectivity index (χ2v) is 3.29. The topological polar surface area (TPSA) is 71.4 Å². The van der Waals surface area contributed by atoms with Crippen LogP contribution in [0.1, 0.15) is 22.3 Å². The molecule has 0 aromatic heterocycles. The molecule has 3 nitrogen and oxygen atoms in total. The van der Waals surface area contributed by atoms with Crippen LogP contribution in [0.15, 0.2) is 0 Å². The molecule has 0 amide bonds. The minimum Gasteiger partial charge on any atom is -0.205 e. The van der Waals surface area contributed by atoms with E-state index in [4.69, 9.17) is 15.8 Å². The first-order chi connectivity index (χ1) is 8.79. The highest BCUT2D eigenvalue weighted by Gasteiger charge is 2.41. The van der Waals surface area contributed by atoms with Gasteiger partial charge in [-0.2, -0.15) is 29.0 Å². The van der Waals surface area contributed by atoms with Crippen molar-refractivity contribution in [1.29, 1.82) is 15.8 Å². The lowest BCUT2D eigenvalue weighted by Crippen LogP contribution is -2.16. The predicted molar refractivity (Wildman–Crippen MR) is 50.1 cm³/mol. The van der Waals surface area contributed by atoms with Crippen LogP contribution >= 0.6 is 0 Å². The van der Waals surface area contributed by atoms with Crippen molar-refractivity contribution in [3.05, 3.63) is 33.9 Å².